The molecular formula is C13H23N3O2. The highest BCUT2D eigenvalue weighted by atomic mass is 16.5. The number of ether oxygens (including phenoxy) is 1. The highest BCUT2D eigenvalue weighted by Gasteiger charge is 2.16. The molecular weight excluding hydrogens is 230 g/mol. The van der Waals surface area contributed by atoms with Crippen LogP contribution in [-0.4, -0.2) is 30.2 Å². The second-order valence-corrected chi connectivity index (χ2v) is 4.82. The molecule has 1 heterocycles. The van der Waals surface area contributed by atoms with Crippen molar-refractivity contribution in [1.29, 1.82) is 0 Å². The molecule has 1 rings (SSSR count). The van der Waals surface area contributed by atoms with E-state index in [4.69, 9.17) is 10.5 Å². The van der Waals surface area contributed by atoms with Crippen LogP contribution in [0.1, 0.15) is 43.7 Å². The van der Waals surface area contributed by atoms with Gasteiger partial charge >= 0.3 is 0 Å². The molecule has 1 atom stereocenters. The van der Waals surface area contributed by atoms with E-state index in [0.717, 1.165) is 6.42 Å². The van der Waals surface area contributed by atoms with E-state index >= 15 is 0 Å². The van der Waals surface area contributed by atoms with Gasteiger partial charge in [-0.3, -0.25) is 4.79 Å². The van der Waals surface area contributed by atoms with Crippen molar-refractivity contribution in [3.63, 3.8) is 0 Å². The minimum absolute atomic E-state index is 0.0780. The Morgan fingerprint density at radius 2 is 2.17 bits per heavy atom. The highest BCUT2D eigenvalue weighted by Crippen LogP contribution is 2.16. The number of anilines is 1. The number of carbonyl (C=O) groups is 1. The van der Waals surface area contributed by atoms with Crippen LogP contribution in [0.2, 0.25) is 0 Å². The Balaban J connectivity index is 2.72. The molecule has 5 nitrogen and oxygen atoms in total. The summed E-state index contributed by atoms with van der Waals surface area (Å²) in [5.41, 5.74) is 6.96. The number of hydrogen-bond acceptors (Lipinski definition) is 3. The summed E-state index contributed by atoms with van der Waals surface area (Å²) in [7, 11) is 1.65. The van der Waals surface area contributed by atoms with Crippen molar-refractivity contribution >= 4 is 11.6 Å². The number of nitrogens with one attached hydrogen (secondary N) is 1. The van der Waals surface area contributed by atoms with Crippen LogP contribution in [0.5, 0.6) is 0 Å². The molecule has 0 bridgehead atoms. The molecule has 3 N–H and O–H groups in total. The van der Waals surface area contributed by atoms with Gasteiger partial charge < -0.3 is 20.4 Å². The van der Waals surface area contributed by atoms with E-state index in [1.165, 1.54) is 0 Å². The SMILES string of the molecule is COCCC(C)NC(=O)c1cc(N)cn1C(C)C. The van der Waals surface area contributed by atoms with Crippen LogP contribution in [0.3, 0.4) is 0 Å². The van der Waals surface area contributed by atoms with E-state index in [1.807, 2.05) is 25.3 Å². The third-order valence-electron chi connectivity index (χ3n) is 2.79. The van der Waals surface area contributed by atoms with Crippen molar-refractivity contribution in [3.05, 3.63) is 18.0 Å². The molecule has 5 heteroatoms. The minimum atomic E-state index is -0.0935. The topological polar surface area (TPSA) is 69.3 Å². The zero-order valence-electron chi connectivity index (χ0n) is 11.6. The smallest absolute Gasteiger partial charge is 0.268 e. The summed E-state index contributed by atoms with van der Waals surface area (Å²) in [6, 6.07) is 1.99. The van der Waals surface area contributed by atoms with Gasteiger partial charge in [-0.15, -0.1) is 0 Å². The summed E-state index contributed by atoms with van der Waals surface area (Å²) >= 11 is 0. The maximum Gasteiger partial charge on any atom is 0.268 e. The molecule has 1 unspecified atom stereocenters. The zero-order valence-corrected chi connectivity index (χ0v) is 11.6. The lowest BCUT2D eigenvalue weighted by Crippen LogP contribution is -2.34. The largest absolute Gasteiger partial charge is 0.397 e. The first-order valence-electron chi connectivity index (χ1n) is 6.22. The quantitative estimate of drug-likeness (QED) is 0.812. The number of rotatable bonds is 6. The second kappa shape index (κ2) is 6.44. The van der Waals surface area contributed by atoms with Crippen LogP contribution in [0.15, 0.2) is 12.3 Å². The first-order chi connectivity index (χ1) is 8.45. The minimum Gasteiger partial charge on any atom is -0.397 e. The number of methoxy groups -OCH3 is 1. The average molecular weight is 253 g/mol. The van der Waals surface area contributed by atoms with E-state index in [9.17, 15) is 4.79 Å². The Kier molecular flexibility index (Phi) is 5.22. The molecule has 0 aliphatic carbocycles. The van der Waals surface area contributed by atoms with Crippen LogP contribution in [-0.2, 0) is 4.74 Å². The van der Waals surface area contributed by atoms with Crippen LogP contribution < -0.4 is 11.1 Å². The Morgan fingerprint density at radius 3 is 2.72 bits per heavy atom. The van der Waals surface area contributed by atoms with Crippen molar-refractivity contribution in [1.82, 2.24) is 9.88 Å². The maximum absolute atomic E-state index is 12.1. The number of aromatic nitrogens is 1. The monoisotopic (exact) mass is 253 g/mol. The standard InChI is InChI=1S/C13H23N3O2/c1-9(2)16-8-11(14)7-12(16)13(17)15-10(3)5-6-18-4/h7-10H,5-6,14H2,1-4H3,(H,15,17). The normalized spacial score (nSPS) is 12.7. The molecule has 0 aromatic carbocycles. The Labute approximate surface area is 108 Å². The Bertz CT molecular complexity index is 399. The molecule has 0 saturated carbocycles. The van der Waals surface area contributed by atoms with Crippen molar-refractivity contribution in [3.8, 4) is 0 Å². The van der Waals surface area contributed by atoms with Gasteiger partial charge in [0.1, 0.15) is 5.69 Å². The van der Waals surface area contributed by atoms with Crippen molar-refractivity contribution in [2.24, 2.45) is 0 Å². The van der Waals surface area contributed by atoms with E-state index in [2.05, 4.69) is 5.32 Å². The molecule has 18 heavy (non-hydrogen) atoms. The van der Waals surface area contributed by atoms with Gasteiger partial charge in [0.25, 0.3) is 5.91 Å². The summed E-state index contributed by atoms with van der Waals surface area (Å²) in [5.74, 6) is -0.0935. The lowest BCUT2D eigenvalue weighted by atomic mass is 10.2. The third kappa shape index (κ3) is 3.77. The number of amides is 1. The van der Waals surface area contributed by atoms with E-state index in [-0.39, 0.29) is 18.0 Å². The van der Waals surface area contributed by atoms with Gasteiger partial charge in [0, 0.05) is 32.0 Å². The van der Waals surface area contributed by atoms with E-state index < -0.39 is 0 Å². The van der Waals surface area contributed by atoms with Crippen molar-refractivity contribution in [2.45, 2.75) is 39.3 Å². The summed E-state index contributed by atoms with van der Waals surface area (Å²) in [5, 5.41) is 2.94. The van der Waals surface area contributed by atoms with E-state index in [1.54, 1.807) is 19.4 Å². The number of hydrogen-bond donors (Lipinski definition) is 2. The number of nitrogens with two attached hydrogens (primary N) is 1. The Hall–Kier alpha value is -1.49. The van der Waals surface area contributed by atoms with Gasteiger partial charge in [-0.2, -0.15) is 0 Å². The van der Waals surface area contributed by atoms with Crippen LogP contribution in [0.25, 0.3) is 0 Å². The molecule has 0 spiro atoms. The third-order valence-corrected chi connectivity index (χ3v) is 2.79. The van der Waals surface area contributed by atoms with E-state index in [0.29, 0.717) is 18.0 Å². The summed E-state index contributed by atoms with van der Waals surface area (Å²) < 4.78 is 6.87. The molecule has 1 aromatic heterocycles. The fourth-order valence-corrected chi connectivity index (χ4v) is 1.77. The molecule has 0 aliphatic heterocycles. The van der Waals surface area contributed by atoms with Crippen LogP contribution in [0.4, 0.5) is 5.69 Å². The predicted molar refractivity (Wildman–Crippen MR) is 72.7 cm³/mol. The van der Waals surface area contributed by atoms with Crippen LogP contribution >= 0.6 is 0 Å². The van der Waals surface area contributed by atoms with Gasteiger partial charge in [0.15, 0.2) is 0 Å². The fraction of sp³-hybridized carbons (Fsp3) is 0.615. The average Bonchev–Trinajstić information content (AvgIpc) is 2.69. The summed E-state index contributed by atoms with van der Waals surface area (Å²) in [4.78, 5) is 12.1. The number of nitrogens with zero attached hydrogens (tertiary/aromatic N) is 1. The van der Waals surface area contributed by atoms with Crippen molar-refractivity contribution < 1.29 is 9.53 Å². The zero-order chi connectivity index (χ0) is 13.7. The van der Waals surface area contributed by atoms with Gasteiger partial charge in [-0.05, 0) is 33.3 Å². The molecule has 0 aliphatic rings. The van der Waals surface area contributed by atoms with Crippen molar-refractivity contribution in [2.75, 3.05) is 19.5 Å². The fourth-order valence-electron chi connectivity index (χ4n) is 1.77. The van der Waals surface area contributed by atoms with Gasteiger partial charge in [0.2, 0.25) is 0 Å². The number of carbonyl (C=O) groups excluding carboxylic acids is 1. The second-order valence-electron chi connectivity index (χ2n) is 4.82. The molecule has 1 aromatic rings. The molecule has 102 valence electrons. The maximum atomic E-state index is 12.1. The molecule has 0 saturated heterocycles. The summed E-state index contributed by atoms with van der Waals surface area (Å²) in [6.45, 7) is 6.63. The Morgan fingerprint density at radius 1 is 1.50 bits per heavy atom. The lowest BCUT2D eigenvalue weighted by molar-refractivity contribution is 0.0918. The predicted octanol–water partition coefficient (Wildman–Crippen LogP) is 1.81. The molecule has 1 amide bonds. The lowest BCUT2D eigenvalue weighted by Gasteiger charge is -2.16. The van der Waals surface area contributed by atoms with Crippen LogP contribution in [0, 0.1) is 0 Å². The first-order valence-corrected chi connectivity index (χ1v) is 6.22. The number of nitrogen functional groups attached to an aromatic ring is 1. The summed E-state index contributed by atoms with van der Waals surface area (Å²) in [6.07, 6.45) is 2.58. The molecule has 0 fully saturated rings. The first kappa shape index (κ1) is 14.6. The molecule has 0 radical (unpaired) electrons. The van der Waals surface area contributed by atoms with Gasteiger partial charge in [0.05, 0.1) is 5.69 Å². The highest BCUT2D eigenvalue weighted by molar-refractivity contribution is 5.94. The van der Waals surface area contributed by atoms with Gasteiger partial charge in [-0.25, -0.2) is 0 Å². The van der Waals surface area contributed by atoms with Gasteiger partial charge in [-0.1, -0.05) is 0 Å².